The molecule has 21 heavy (non-hydrogen) atoms. The Morgan fingerprint density at radius 2 is 2.10 bits per heavy atom. The van der Waals surface area contributed by atoms with E-state index in [-0.39, 0.29) is 6.54 Å². The highest BCUT2D eigenvalue weighted by Crippen LogP contribution is 2.19. The van der Waals surface area contributed by atoms with Crippen LogP contribution < -0.4 is 10.0 Å². The van der Waals surface area contributed by atoms with Crippen LogP contribution in [-0.2, 0) is 23.1 Å². The van der Waals surface area contributed by atoms with Crippen molar-refractivity contribution in [3.63, 3.8) is 0 Å². The highest BCUT2D eigenvalue weighted by molar-refractivity contribution is 7.89. The number of nitrogens with zero attached hydrogens (tertiary/aromatic N) is 1. The number of sulfonamides is 1. The van der Waals surface area contributed by atoms with Gasteiger partial charge in [-0.25, -0.2) is 18.1 Å². The van der Waals surface area contributed by atoms with E-state index in [4.69, 9.17) is 0 Å². The van der Waals surface area contributed by atoms with Gasteiger partial charge in [-0.2, -0.15) is 0 Å². The van der Waals surface area contributed by atoms with E-state index >= 15 is 0 Å². The zero-order valence-corrected chi connectivity index (χ0v) is 13.0. The minimum atomic E-state index is -3.55. The van der Waals surface area contributed by atoms with Crippen molar-refractivity contribution >= 4 is 10.0 Å². The third kappa shape index (κ3) is 3.90. The first kappa shape index (κ1) is 15.7. The van der Waals surface area contributed by atoms with Gasteiger partial charge < -0.3 is 10.3 Å². The van der Waals surface area contributed by atoms with E-state index in [1.54, 1.807) is 24.5 Å². The van der Waals surface area contributed by atoms with Gasteiger partial charge >= 0.3 is 0 Å². The molecule has 7 heteroatoms. The van der Waals surface area contributed by atoms with E-state index < -0.39 is 10.0 Å². The lowest BCUT2D eigenvalue weighted by Gasteiger charge is -2.12. The van der Waals surface area contributed by atoms with Crippen molar-refractivity contribution in [3.05, 3.63) is 47.5 Å². The standard InChI is InChI=1S/C14H20N4O2S/c1-3-15-9-12-5-4-6-13(11(12)2)21(19,20)18-10-14-16-7-8-17-14/h4-8,15,18H,3,9-10H2,1-2H3,(H,16,17). The maximum atomic E-state index is 12.4. The minimum Gasteiger partial charge on any atom is -0.347 e. The lowest BCUT2D eigenvalue weighted by atomic mass is 10.1. The molecule has 6 nitrogen and oxygen atoms in total. The molecular formula is C14H20N4O2S. The van der Waals surface area contributed by atoms with Gasteiger partial charge in [0, 0.05) is 18.9 Å². The summed E-state index contributed by atoms with van der Waals surface area (Å²) >= 11 is 0. The Labute approximate surface area is 125 Å². The van der Waals surface area contributed by atoms with Gasteiger partial charge in [0.1, 0.15) is 5.82 Å². The summed E-state index contributed by atoms with van der Waals surface area (Å²) in [6.45, 7) is 5.48. The highest BCUT2D eigenvalue weighted by Gasteiger charge is 2.18. The van der Waals surface area contributed by atoms with E-state index in [9.17, 15) is 8.42 Å². The van der Waals surface area contributed by atoms with Crippen LogP contribution in [0.25, 0.3) is 0 Å². The largest absolute Gasteiger partial charge is 0.347 e. The lowest BCUT2D eigenvalue weighted by Crippen LogP contribution is -2.25. The molecule has 1 aromatic heterocycles. The molecule has 0 unspecified atom stereocenters. The van der Waals surface area contributed by atoms with Gasteiger partial charge in [-0.3, -0.25) is 0 Å². The van der Waals surface area contributed by atoms with Crippen LogP contribution in [0.2, 0.25) is 0 Å². The van der Waals surface area contributed by atoms with Gasteiger partial charge in [-0.15, -0.1) is 0 Å². The smallest absolute Gasteiger partial charge is 0.241 e. The van der Waals surface area contributed by atoms with Gasteiger partial charge in [0.05, 0.1) is 11.4 Å². The molecule has 0 atom stereocenters. The second-order valence-electron chi connectivity index (χ2n) is 4.68. The summed E-state index contributed by atoms with van der Waals surface area (Å²) in [6, 6.07) is 5.32. The zero-order chi connectivity index (χ0) is 15.3. The molecule has 3 N–H and O–H groups in total. The SMILES string of the molecule is CCNCc1cccc(S(=O)(=O)NCc2ncc[nH]2)c1C. The zero-order valence-electron chi connectivity index (χ0n) is 12.2. The lowest BCUT2D eigenvalue weighted by molar-refractivity contribution is 0.578. The van der Waals surface area contributed by atoms with E-state index in [0.717, 1.165) is 17.7 Å². The van der Waals surface area contributed by atoms with Crippen LogP contribution in [0.3, 0.4) is 0 Å². The van der Waals surface area contributed by atoms with Crippen LogP contribution in [0.15, 0.2) is 35.5 Å². The molecule has 0 radical (unpaired) electrons. The number of hydrogen-bond acceptors (Lipinski definition) is 4. The molecular weight excluding hydrogens is 288 g/mol. The Bertz CT molecular complexity index is 681. The third-order valence-corrected chi connectivity index (χ3v) is 4.78. The van der Waals surface area contributed by atoms with Gasteiger partial charge in [-0.05, 0) is 30.7 Å². The molecule has 2 aromatic rings. The second-order valence-corrected chi connectivity index (χ2v) is 6.42. The predicted molar refractivity (Wildman–Crippen MR) is 81.2 cm³/mol. The Balaban J connectivity index is 2.19. The molecule has 0 fully saturated rings. The molecule has 0 saturated carbocycles. The Morgan fingerprint density at radius 1 is 1.29 bits per heavy atom. The normalized spacial score (nSPS) is 11.7. The molecule has 0 saturated heterocycles. The number of H-pyrrole nitrogens is 1. The first-order chi connectivity index (χ1) is 10.0. The molecule has 0 spiro atoms. The number of aromatic amines is 1. The number of benzene rings is 1. The maximum Gasteiger partial charge on any atom is 0.241 e. The molecule has 0 aliphatic heterocycles. The van der Waals surface area contributed by atoms with Gasteiger partial charge in [0.25, 0.3) is 0 Å². The first-order valence-electron chi connectivity index (χ1n) is 6.81. The number of nitrogens with one attached hydrogen (secondary N) is 3. The summed E-state index contributed by atoms with van der Waals surface area (Å²) in [5.74, 6) is 0.583. The second kappa shape index (κ2) is 6.84. The van der Waals surface area contributed by atoms with Gasteiger partial charge in [-0.1, -0.05) is 19.1 Å². The average Bonchev–Trinajstić information content (AvgIpc) is 2.97. The summed E-state index contributed by atoms with van der Waals surface area (Å²) < 4.78 is 27.4. The summed E-state index contributed by atoms with van der Waals surface area (Å²) in [7, 11) is -3.55. The molecule has 1 heterocycles. The van der Waals surface area contributed by atoms with Crippen molar-refractivity contribution in [2.75, 3.05) is 6.54 Å². The summed E-state index contributed by atoms with van der Waals surface area (Å²) in [6.07, 6.45) is 3.25. The molecule has 1 aromatic carbocycles. The number of rotatable bonds is 7. The minimum absolute atomic E-state index is 0.145. The van der Waals surface area contributed by atoms with Crippen LogP contribution in [0.5, 0.6) is 0 Å². The first-order valence-corrected chi connectivity index (χ1v) is 8.30. The average molecular weight is 308 g/mol. The van der Waals surface area contributed by atoms with Gasteiger partial charge in [0.2, 0.25) is 10.0 Å². The quantitative estimate of drug-likeness (QED) is 0.719. The molecule has 2 rings (SSSR count). The monoisotopic (exact) mass is 308 g/mol. The van der Waals surface area contributed by atoms with Crippen LogP contribution in [0, 0.1) is 6.92 Å². The topological polar surface area (TPSA) is 86.9 Å². The van der Waals surface area contributed by atoms with Crippen molar-refractivity contribution < 1.29 is 8.42 Å². The van der Waals surface area contributed by atoms with E-state index in [1.807, 2.05) is 19.9 Å². The molecule has 0 bridgehead atoms. The third-order valence-electron chi connectivity index (χ3n) is 3.24. The number of hydrogen-bond donors (Lipinski definition) is 3. The molecule has 0 aliphatic rings. The van der Waals surface area contributed by atoms with Crippen molar-refractivity contribution in [1.29, 1.82) is 0 Å². The fourth-order valence-electron chi connectivity index (χ4n) is 2.04. The maximum absolute atomic E-state index is 12.4. The van der Waals surface area contributed by atoms with Gasteiger partial charge in [0.15, 0.2) is 0 Å². The van der Waals surface area contributed by atoms with E-state index in [0.29, 0.717) is 17.3 Å². The Kier molecular flexibility index (Phi) is 5.11. The van der Waals surface area contributed by atoms with Crippen molar-refractivity contribution in [3.8, 4) is 0 Å². The number of aromatic nitrogens is 2. The fourth-order valence-corrected chi connectivity index (χ4v) is 3.31. The summed E-state index contributed by atoms with van der Waals surface area (Å²) in [5, 5.41) is 3.21. The number of imidazole rings is 1. The van der Waals surface area contributed by atoms with Crippen LogP contribution in [0.1, 0.15) is 23.9 Å². The highest BCUT2D eigenvalue weighted by atomic mass is 32.2. The van der Waals surface area contributed by atoms with Crippen molar-refractivity contribution in [1.82, 2.24) is 20.0 Å². The predicted octanol–water partition coefficient (Wildman–Crippen LogP) is 1.31. The Morgan fingerprint density at radius 3 is 2.76 bits per heavy atom. The van der Waals surface area contributed by atoms with Crippen LogP contribution in [0.4, 0.5) is 0 Å². The van der Waals surface area contributed by atoms with Crippen molar-refractivity contribution in [2.45, 2.75) is 31.8 Å². The molecule has 114 valence electrons. The van der Waals surface area contributed by atoms with Crippen LogP contribution >= 0.6 is 0 Å². The van der Waals surface area contributed by atoms with Crippen molar-refractivity contribution in [2.24, 2.45) is 0 Å². The van der Waals surface area contributed by atoms with Crippen LogP contribution in [-0.4, -0.2) is 24.9 Å². The fraction of sp³-hybridized carbons (Fsp3) is 0.357. The van der Waals surface area contributed by atoms with E-state index in [1.165, 1.54) is 0 Å². The molecule has 0 amide bonds. The summed E-state index contributed by atoms with van der Waals surface area (Å²) in [4.78, 5) is 7.18. The molecule has 0 aliphatic carbocycles. The van der Waals surface area contributed by atoms with E-state index in [2.05, 4.69) is 20.0 Å². The Hall–Kier alpha value is -1.70. The summed E-state index contributed by atoms with van der Waals surface area (Å²) in [5.41, 5.74) is 1.75.